The van der Waals surface area contributed by atoms with Crippen LogP contribution in [0.2, 0.25) is 0 Å². The average molecular weight is 643 g/mol. The number of rotatable bonds is 12. The maximum Gasteiger partial charge on any atom is 0.244 e. The summed E-state index contributed by atoms with van der Waals surface area (Å²) in [5.74, 6) is -0.254. The normalized spacial score (nSPS) is 14.3. The molecular weight excluding hydrogens is 606 g/mol. The van der Waals surface area contributed by atoms with Gasteiger partial charge in [-0.2, -0.15) is 0 Å². The number of anilines is 1. The van der Waals surface area contributed by atoms with Crippen molar-refractivity contribution in [1.82, 2.24) is 10.2 Å². The number of hydrogen-bond acceptors (Lipinski definition) is 5. The van der Waals surface area contributed by atoms with Crippen LogP contribution in [0, 0.1) is 0 Å². The molecule has 10 heteroatoms. The minimum atomic E-state index is -3.85. The van der Waals surface area contributed by atoms with Crippen LogP contribution in [0.5, 0.6) is 5.75 Å². The van der Waals surface area contributed by atoms with E-state index in [9.17, 15) is 18.0 Å². The van der Waals surface area contributed by atoms with Crippen molar-refractivity contribution in [2.45, 2.75) is 50.7 Å². The molecule has 3 aromatic rings. The fourth-order valence-corrected chi connectivity index (χ4v) is 6.19. The SMILES string of the molecule is COc1cccc(N(CC(=O)N(Cc2ccc(Br)cc2)[C@@H](Cc2ccccc2)C(=O)NC2CCCC2)S(C)(=O)=O)c1. The number of ether oxygens (including phenoxy) is 1. The number of methoxy groups -OCH3 is 1. The predicted molar refractivity (Wildman–Crippen MR) is 164 cm³/mol. The second kappa shape index (κ2) is 14.0. The fraction of sp³-hybridized carbons (Fsp3) is 0.355. The minimum Gasteiger partial charge on any atom is -0.497 e. The zero-order chi connectivity index (χ0) is 29.4. The van der Waals surface area contributed by atoms with Crippen molar-refractivity contribution in [3.63, 3.8) is 0 Å². The third kappa shape index (κ3) is 8.56. The van der Waals surface area contributed by atoms with Crippen molar-refractivity contribution >= 4 is 43.5 Å². The Kier molecular flexibility index (Phi) is 10.4. The van der Waals surface area contributed by atoms with E-state index in [1.165, 1.54) is 12.0 Å². The highest BCUT2D eigenvalue weighted by Gasteiger charge is 2.34. The van der Waals surface area contributed by atoms with Crippen molar-refractivity contribution in [3.05, 3.63) is 94.5 Å². The lowest BCUT2D eigenvalue weighted by Gasteiger charge is -2.34. The van der Waals surface area contributed by atoms with Gasteiger partial charge in [0.05, 0.1) is 19.1 Å². The first-order valence-corrected chi connectivity index (χ1v) is 16.3. The van der Waals surface area contributed by atoms with Crippen LogP contribution in [0.3, 0.4) is 0 Å². The van der Waals surface area contributed by atoms with E-state index >= 15 is 0 Å². The molecule has 1 aliphatic rings. The topological polar surface area (TPSA) is 96.0 Å². The van der Waals surface area contributed by atoms with E-state index in [0.29, 0.717) is 17.9 Å². The van der Waals surface area contributed by atoms with E-state index < -0.39 is 28.5 Å². The molecule has 3 aromatic carbocycles. The largest absolute Gasteiger partial charge is 0.497 e. The molecule has 0 bridgehead atoms. The summed E-state index contributed by atoms with van der Waals surface area (Å²) in [5, 5.41) is 3.17. The predicted octanol–water partition coefficient (Wildman–Crippen LogP) is 4.92. The van der Waals surface area contributed by atoms with Crippen molar-refractivity contribution in [1.29, 1.82) is 0 Å². The molecule has 0 unspecified atom stereocenters. The summed E-state index contributed by atoms with van der Waals surface area (Å²) in [4.78, 5) is 29.6. The number of sulfonamides is 1. The molecule has 0 aliphatic heterocycles. The Morgan fingerprint density at radius 1 is 0.976 bits per heavy atom. The summed E-state index contributed by atoms with van der Waals surface area (Å²) in [6.07, 6.45) is 5.27. The van der Waals surface area contributed by atoms with Crippen LogP contribution in [-0.4, -0.2) is 57.1 Å². The summed E-state index contributed by atoms with van der Waals surface area (Å²) >= 11 is 3.45. The number of benzene rings is 3. The first-order valence-electron chi connectivity index (χ1n) is 13.6. The molecule has 0 spiro atoms. The molecule has 0 aromatic heterocycles. The van der Waals surface area contributed by atoms with Gasteiger partial charge in [-0.25, -0.2) is 8.42 Å². The Labute approximate surface area is 250 Å². The Morgan fingerprint density at radius 3 is 2.29 bits per heavy atom. The molecular formula is C31H36BrN3O5S. The molecule has 1 aliphatic carbocycles. The van der Waals surface area contributed by atoms with E-state index in [1.807, 2.05) is 54.6 Å². The van der Waals surface area contributed by atoms with Crippen LogP contribution in [-0.2, 0) is 32.6 Å². The molecule has 1 N–H and O–H groups in total. The van der Waals surface area contributed by atoms with Crippen LogP contribution in [0.25, 0.3) is 0 Å². The summed E-state index contributed by atoms with van der Waals surface area (Å²) in [6.45, 7) is -0.331. The maximum atomic E-state index is 14.2. The summed E-state index contributed by atoms with van der Waals surface area (Å²) in [7, 11) is -2.36. The molecule has 1 fully saturated rings. The zero-order valence-corrected chi connectivity index (χ0v) is 25.7. The molecule has 2 amide bonds. The Hall–Kier alpha value is -3.37. The van der Waals surface area contributed by atoms with Crippen LogP contribution in [0.15, 0.2) is 83.3 Å². The van der Waals surface area contributed by atoms with Gasteiger partial charge in [-0.05, 0) is 48.2 Å². The van der Waals surface area contributed by atoms with Crippen LogP contribution in [0.1, 0.15) is 36.8 Å². The smallest absolute Gasteiger partial charge is 0.244 e. The van der Waals surface area contributed by atoms with Gasteiger partial charge >= 0.3 is 0 Å². The van der Waals surface area contributed by atoms with E-state index in [4.69, 9.17) is 4.74 Å². The number of nitrogens with one attached hydrogen (secondary N) is 1. The number of carbonyl (C=O) groups is 2. The lowest BCUT2D eigenvalue weighted by molar-refractivity contribution is -0.140. The van der Waals surface area contributed by atoms with Crippen molar-refractivity contribution in [2.75, 3.05) is 24.2 Å². The Morgan fingerprint density at radius 2 is 1.66 bits per heavy atom. The zero-order valence-electron chi connectivity index (χ0n) is 23.3. The molecule has 4 rings (SSSR count). The number of nitrogens with zero attached hydrogens (tertiary/aromatic N) is 2. The number of hydrogen-bond donors (Lipinski definition) is 1. The third-order valence-electron chi connectivity index (χ3n) is 7.26. The Balaban J connectivity index is 1.72. The summed E-state index contributed by atoms with van der Waals surface area (Å²) in [5.41, 5.74) is 2.03. The van der Waals surface area contributed by atoms with Crippen molar-refractivity contribution in [3.8, 4) is 5.75 Å². The van der Waals surface area contributed by atoms with Gasteiger partial charge in [0.25, 0.3) is 0 Å². The molecule has 0 saturated heterocycles. The van der Waals surface area contributed by atoms with Gasteiger partial charge in [-0.3, -0.25) is 13.9 Å². The van der Waals surface area contributed by atoms with Gasteiger partial charge in [-0.15, -0.1) is 0 Å². The highest BCUT2D eigenvalue weighted by Crippen LogP contribution is 2.25. The first kappa shape index (κ1) is 30.6. The highest BCUT2D eigenvalue weighted by atomic mass is 79.9. The quantitative estimate of drug-likeness (QED) is 0.303. The van der Waals surface area contributed by atoms with Gasteiger partial charge in [0.1, 0.15) is 18.3 Å². The molecule has 218 valence electrons. The summed E-state index contributed by atoms with van der Waals surface area (Å²) in [6, 6.07) is 22.9. The van der Waals surface area contributed by atoms with Crippen molar-refractivity contribution < 1.29 is 22.7 Å². The molecule has 1 atom stereocenters. The lowest BCUT2D eigenvalue weighted by Crippen LogP contribution is -2.54. The Bertz CT molecular complexity index is 1430. The number of carbonyl (C=O) groups excluding carboxylic acids is 2. The van der Waals surface area contributed by atoms with Gasteiger partial charge < -0.3 is 15.0 Å². The van der Waals surface area contributed by atoms with E-state index in [0.717, 1.165) is 51.8 Å². The van der Waals surface area contributed by atoms with E-state index in [2.05, 4.69) is 21.2 Å². The van der Waals surface area contributed by atoms with Crippen LogP contribution < -0.4 is 14.4 Å². The van der Waals surface area contributed by atoms with E-state index in [1.54, 1.807) is 24.3 Å². The summed E-state index contributed by atoms with van der Waals surface area (Å²) < 4.78 is 33.1. The third-order valence-corrected chi connectivity index (χ3v) is 8.93. The standard InChI is InChI=1S/C31H36BrN3O5S/c1-40-28-14-8-13-27(20-28)35(41(2,38)39)22-30(36)34(21-24-15-17-25(32)18-16-24)29(19-23-9-4-3-5-10-23)31(37)33-26-11-6-7-12-26/h3-5,8-10,13-18,20,26,29H,6-7,11-12,19,21-22H2,1-2H3,(H,33,37)/t29-/m0/s1. The maximum absolute atomic E-state index is 14.2. The highest BCUT2D eigenvalue weighted by molar-refractivity contribution is 9.10. The first-order chi connectivity index (χ1) is 19.6. The molecule has 41 heavy (non-hydrogen) atoms. The van der Waals surface area contributed by atoms with Crippen LogP contribution in [0.4, 0.5) is 5.69 Å². The fourth-order valence-electron chi connectivity index (χ4n) is 5.09. The van der Waals surface area contributed by atoms with E-state index in [-0.39, 0.29) is 18.5 Å². The van der Waals surface area contributed by atoms with Gasteiger partial charge in [0.15, 0.2) is 0 Å². The number of amides is 2. The van der Waals surface area contributed by atoms with Gasteiger partial charge in [0.2, 0.25) is 21.8 Å². The number of halogens is 1. The monoisotopic (exact) mass is 641 g/mol. The molecule has 0 heterocycles. The van der Waals surface area contributed by atoms with Gasteiger partial charge in [-0.1, -0.05) is 77.3 Å². The van der Waals surface area contributed by atoms with Gasteiger partial charge in [0, 0.05) is 29.5 Å². The minimum absolute atomic E-state index is 0.0645. The molecule has 0 radical (unpaired) electrons. The second-order valence-electron chi connectivity index (χ2n) is 10.3. The lowest BCUT2D eigenvalue weighted by atomic mass is 10.0. The molecule has 1 saturated carbocycles. The second-order valence-corrected chi connectivity index (χ2v) is 13.1. The van der Waals surface area contributed by atoms with Crippen molar-refractivity contribution in [2.24, 2.45) is 0 Å². The molecule has 8 nitrogen and oxygen atoms in total. The van der Waals surface area contributed by atoms with Crippen LogP contribution >= 0.6 is 15.9 Å². The average Bonchev–Trinajstić information content (AvgIpc) is 3.47.